The van der Waals surface area contributed by atoms with Gasteiger partial charge in [0.25, 0.3) is 0 Å². The predicted octanol–water partition coefficient (Wildman–Crippen LogP) is 8.90. The molecule has 0 radical (unpaired) electrons. The maximum atomic E-state index is 13.9. The van der Waals surface area contributed by atoms with Crippen molar-refractivity contribution in [2.75, 3.05) is 5.75 Å². The summed E-state index contributed by atoms with van der Waals surface area (Å²) in [7, 11) is 0. The summed E-state index contributed by atoms with van der Waals surface area (Å²) in [6, 6.07) is 46.5. The van der Waals surface area contributed by atoms with Gasteiger partial charge in [-0.15, -0.1) is 11.8 Å². The lowest BCUT2D eigenvalue weighted by Gasteiger charge is -2.36. The smallest absolute Gasteiger partial charge is 0.408 e. The zero-order valence-electron chi connectivity index (χ0n) is 27.4. The van der Waals surface area contributed by atoms with Crippen LogP contribution in [-0.2, 0) is 20.8 Å². The van der Waals surface area contributed by atoms with Gasteiger partial charge in [-0.05, 0) is 67.1 Å². The SMILES string of the molecule is Cc1cccc(-c2cccc(CNC(=O)[C@H](CSC(c3ccccc3)(c3ccccc3)c3ccccc3)NC(=O)OC(C)(C)C)c2)c1. The molecule has 0 saturated heterocycles. The zero-order valence-corrected chi connectivity index (χ0v) is 28.2. The summed E-state index contributed by atoms with van der Waals surface area (Å²) >= 11 is 1.62. The van der Waals surface area contributed by atoms with Crippen molar-refractivity contribution in [2.24, 2.45) is 0 Å². The lowest BCUT2D eigenvalue weighted by molar-refractivity contribution is -0.122. The van der Waals surface area contributed by atoms with Crippen molar-refractivity contribution >= 4 is 23.8 Å². The number of ether oxygens (including phenoxy) is 1. The topological polar surface area (TPSA) is 67.4 Å². The standard InChI is InChI=1S/C41H42N2O3S/c1-30-16-14-18-32(26-30)33-19-15-17-31(27-33)28-42-38(44)37(43-39(45)46-40(2,3)4)29-47-41(34-20-8-5-9-21-34,35-22-10-6-11-23-35)36-24-12-7-13-25-36/h5-27,37H,28-29H2,1-4H3,(H,42,44)(H,43,45)/t37-/m0/s1. The van der Waals surface area contributed by atoms with Gasteiger partial charge in [-0.2, -0.15) is 0 Å². The van der Waals surface area contributed by atoms with Gasteiger partial charge in [0.2, 0.25) is 5.91 Å². The largest absolute Gasteiger partial charge is 0.444 e. The average Bonchev–Trinajstić information content (AvgIpc) is 3.08. The van der Waals surface area contributed by atoms with Gasteiger partial charge < -0.3 is 15.4 Å². The molecule has 0 unspecified atom stereocenters. The average molecular weight is 643 g/mol. The molecule has 1 atom stereocenters. The first-order valence-corrected chi connectivity index (χ1v) is 16.9. The summed E-state index contributed by atoms with van der Waals surface area (Å²) in [5.74, 6) is 0.000000247. The van der Waals surface area contributed by atoms with Crippen molar-refractivity contribution in [2.45, 2.75) is 50.6 Å². The molecule has 47 heavy (non-hydrogen) atoms. The Hall–Kier alpha value is -4.81. The highest BCUT2D eigenvalue weighted by molar-refractivity contribution is 8.00. The zero-order chi connectivity index (χ0) is 33.3. The highest BCUT2D eigenvalue weighted by Crippen LogP contribution is 2.48. The molecule has 0 spiro atoms. The minimum Gasteiger partial charge on any atom is -0.444 e. The van der Waals surface area contributed by atoms with Crippen LogP contribution in [0.4, 0.5) is 4.79 Å². The number of alkyl carbamates (subject to hydrolysis) is 1. The molecule has 0 bridgehead atoms. The fourth-order valence-electron chi connectivity index (χ4n) is 5.61. The number of rotatable bonds is 11. The van der Waals surface area contributed by atoms with Gasteiger partial charge in [0.05, 0.1) is 4.75 Å². The third kappa shape index (κ3) is 8.72. The van der Waals surface area contributed by atoms with Gasteiger partial charge in [0, 0.05) is 12.3 Å². The molecule has 2 N–H and O–H groups in total. The molecule has 0 fully saturated rings. The van der Waals surface area contributed by atoms with Gasteiger partial charge in [-0.1, -0.05) is 139 Å². The van der Waals surface area contributed by atoms with Crippen LogP contribution in [0.2, 0.25) is 0 Å². The van der Waals surface area contributed by atoms with Crippen molar-refractivity contribution < 1.29 is 14.3 Å². The Morgan fingerprint density at radius 3 is 1.70 bits per heavy atom. The van der Waals surface area contributed by atoms with Crippen LogP contribution in [0.25, 0.3) is 11.1 Å². The first-order valence-electron chi connectivity index (χ1n) is 15.9. The van der Waals surface area contributed by atoms with E-state index in [0.29, 0.717) is 6.54 Å². The molecule has 6 heteroatoms. The molecular weight excluding hydrogens is 601 g/mol. The lowest BCUT2D eigenvalue weighted by Crippen LogP contribution is -2.50. The normalized spacial score (nSPS) is 12.2. The van der Waals surface area contributed by atoms with Crippen LogP contribution < -0.4 is 10.6 Å². The van der Waals surface area contributed by atoms with Gasteiger partial charge >= 0.3 is 6.09 Å². The highest BCUT2D eigenvalue weighted by Gasteiger charge is 2.38. The molecule has 240 valence electrons. The highest BCUT2D eigenvalue weighted by atomic mass is 32.2. The minimum atomic E-state index is -0.870. The van der Waals surface area contributed by atoms with Crippen LogP contribution in [0.15, 0.2) is 140 Å². The number of thioether (sulfide) groups is 1. The van der Waals surface area contributed by atoms with E-state index in [-0.39, 0.29) is 11.7 Å². The van der Waals surface area contributed by atoms with E-state index in [0.717, 1.165) is 33.4 Å². The Bertz CT molecular complexity index is 1670. The third-order valence-corrected chi connectivity index (χ3v) is 9.40. The van der Waals surface area contributed by atoms with Crippen molar-refractivity contribution in [3.8, 4) is 11.1 Å². The van der Waals surface area contributed by atoms with Gasteiger partial charge in [-0.3, -0.25) is 4.79 Å². The van der Waals surface area contributed by atoms with Crippen molar-refractivity contribution in [1.82, 2.24) is 10.6 Å². The molecule has 5 rings (SSSR count). The molecule has 0 aromatic heterocycles. The van der Waals surface area contributed by atoms with E-state index in [4.69, 9.17) is 4.74 Å². The number of benzene rings is 5. The summed E-state index contributed by atoms with van der Waals surface area (Å²) < 4.78 is 4.95. The van der Waals surface area contributed by atoms with E-state index in [1.54, 1.807) is 11.8 Å². The van der Waals surface area contributed by atoms with E-state index in [2.05, 4.69) is 84.3 Å². The van der Waals surface area contributed by atoms with E-state index >= 15 is 0 Å². The monoisotopic (exact) mass is 642 g/mol. The number of carbonyl (C=O) groups excluding carboxylic acids is 2. The second-order valence-corrected chi connectivity index (χ2v) is 13.8. The van der Waals surface area contributed by atoms with Crippen molar-refractivity contribution in [3.05, 3.63) is 167 Å². The summed E-state index contributed by atoms with van der Waals surface area (Å²) in [5.41, 5.74) is 6.87. The Kier molecular flexibility index (Phi) is 10.8. The summed E-state index contributed by atoms with van der Waals surface area (Å²) in [6.45, 7) is 7.82. The van der Waals surface area contributed by atoms with Crippen LogP contribution in [0.3, 0.4) is 0 Å². The molecule has 0 aliphatic carbocycles. The quantitative estimate of drug-likeness (QED) is 0.141. The predicted molar refractivity (Wildman–Crippen MR) is 193 cm³/mol. The fraction of sp³-hybridized carbons (Fsp3) is 0.220. The second kappa shape index (κ2) is 15.2. The van der Waals surface area contributed by atoms with Crippen molar-refractivity contribution in [1.29, 1.82) is 0 Å². The Morgan fingerprint density at radius 1 is 0.681 bits per heavy atom. The van der Waals surface area contributed by atoms with Crippen LogP contribution >= 0.6 is 11.8 Å². The Labute approximate surface area is 282 Å². The number of amides is 2. The van der Waals surface area contributed by atoms with Gasteiger partial charge in [0.1, 0.15) is 11.6 Å². The maximum Gasteiger partial charge on any atom is 0.408 e. The molecule has 0 heterocycles. The van der Waals surface area contributed by atoms with E-state index in [1.807, 2.05) is 93.6 Å². The van der Waals surface area contributed by atoms with Crippen LogP contribution in [0.1, 0.15) is 48.6 Å². The summed E-state index contributed by atoms with van der Waals surface area (Å²) in [5, 5.41) is 5.98. The number of hydrogen-bond donors (Lipinski definition) is 2. The van der Waals surface area contributed by atoms with Gasteiger partial charge in [0.15, 0.2) is 0 Å². The first-order chi connectivity index (χ1) is 22.6. The fourth-order valence-corrected chi connectivity index (χ4v) is 7.17. The molecule has 2 amide bonds. The first kappa shape index (κ1) is 33.6. The second-order valence-electron chi connectivity index (χ2n) is 12.6. The van der Waals surface area contributed by atoms with E-state index in [1.165, 1.54) is 5.56 Å². The van der Waals surface area contributed by atoms with Crippen LogP contribution in [0, 0.1) is 6.92 Å². The van der Waals surface area contributed by atoms with E-state index < -0.39 is 22.5 Å². The Morgan fingerprint density at radius 2 is 1.19 bits per heavy atom. The maximum absolute atomic E-state index is 13.9. The van der Waals surface area contributed by atoms with Crippen LogP contribution in [-0.4, -0.2) is 29.4 Å². The molecule has 5 aromatic carbocycles. The van der Waals surface area contributed by atoms with E-state index in [9.17, 15) is 9.59 Å². The summed E-state index contributed by atoms with van der Waals surface area (Å²) in [4.78, 5) is 27.0. The van der Waals surface area contributed by atoms with Crippen molar-refractivity contribution in [3.63, 3.8) is 0 Å². The Balaban J connectivity index is 1.45. The molecule has 5 nitrogen and oxygen atoms in total. The van der Waals surface area contributed by atoms with Gasteiger partial charge in [-0.25, -0.2) is 4.79 Å². The number of hydrogen-bond acceptors (Lipinski definition) is 4. The number of aryl methyl sites for hydroxylation is 1. The molecular formula is C41H42N2O3S. The number of carbonyl (C=O) groups is 2. The molecule has 0 aliphatic rings. The minimum absolute atomic E-state index is 0.285. The molecule has 0 saturated carbocycles. The van der Waals surface area contributed by atoms with Crippen LogP contribution in [0.5, 0.6) is 0 Å². The number of nitrogens with one attached hydrogen (secondary N) is 2. The lowest BCUT2D eigenvalue weighted by atomic mass is 9.84. The molecule has 5 aromatic rings. The molecule has 0 aliphatic heterocycles. The summed E-state index contributed by atoms with van der Waals surface area (Å²) in [6.07, 6.45) is -0.635. The third-order valence-electron chi connectivity index (χ3n) is 7.76.